The maximum Gasteiger partial charge on any atom is 0.261 e. The SMILES string of the molecule is CC(=O)SC(CCCN1C(=O)c2ccccc2C1=O)C(=O)N[C@@H](CC(C)C)C(=O)Nc1ccc(NS(=O)[O-])cc1. The van der Waals surface area contributed by atoms with Gasteiger partial charge in [0.15, 0.2) is 5.12 Å². The zero-order valence-corrected chi connectivity index (χ0v) is 23.9. The van der Waals surface area contributed by atoms with Crippen LogP contribution in [-0.4, -0.2) is 60.2 Å². The number of hydrogen-bond donors (Lipinski definition) is 3. The quantitative estimate of drug-likeness (QED) is 0.238. The van der Waals surface area contributed by atoms with E-state index in [-0.39, 0.29) is 35.8 Å². The van der Waals surface area contributed by atoms with Gasteiger partial charge in [-0.1, -0.05) is 37.7 Å². The van der Waals surface area contributed by atoms with E-state index in [4.69, 9.17) is 0 Å². The van der Waals surface area contributed by atoms with Crippen molar-refractivity contribution in [2.24, 2.45) is 5.92 Å². The maximum absolute atomic E-state index is 13.2. The number of nitrogens with one attached hydrogen (secondary N) is 3. The molecule has 11 nitrogen and oxygen atoms in total. The minimum absolute atomic E-state index is 0.0578. The van der Waals surface area contributed by atoms with Gasteiger partial charge in [-0.25, -0.2) is 0 Å². The Hall–Kier alpha value is -3.55. The number of nitrogens with zero attached hydrogens (tertiary/aromatic N) is 1. The Labute approximate surface area is 239 Å². The van der Waals surface area contributed by atoms with Gasteiger partial charge in [-0.15, -0.1) is 0 Å². The molecule has 4 amide bonds. The van der Waals surface area contributed by atoms with Crippen LogP contribution >= 0.6 is 11.8 Å². The van der Waals surface area contributed by atoms with E-state index in [1.807, 2.05) is 13.8 Å². The van der Waals surface area contributed by atoms with Crippen LogP contribution in [0.1, 0.15) is 60.7 Å². The smallest absolute Gasteiger partial charge is 0.261 e. The Morgan fingerprint density at radius 1 is 0.950 bits per heavy atom. The van der Waals surface area contributed by atoms with Crippen molar-refractivity contribution in [2.75, 3.05) is 16.6 Å². The van der Waals surface area contributed by atoms with E-state index < -0.39 is 34.4 Å². The van der Waals surface area contributed by atoms with Gasteiger partial charge in [-0.3, -0.25) is 33.1 Å². The zero-order valence-electron chi connectivity index (χ0n) is 22.3. The molecule has 1 heterocycles. The van der Waals surface area contributed by atoms with Gasteiger partial charge >= 0.3 is 0 Å². The highest BCUT2D eigenvalue weighted by molar-refractivity contribution is 8.14. The van der Waals surface area contributed by atoms with E-state index in [0.717, 1.165) is 16.7 Å². The summed E-state index contributed by atoms with van der Waals surface area (Å²) in [5, 5.41) is 4.37. The molecule has 0 saturated heterocycles. The van der Waals surface area contributed by atoms with Crippen LogP contribution in [0.25, 0.3) is 0 Å². The van der Waals surface area contributed by atoms with Gasteiger partial charge in [0, 0.05) is 36.1 Å². The van der Waals surface area contributed by atoms with Crippen LogP contribution in [0.4, 0.5) is 11.4 Å². The van der Waals surface area contributed by atoms with Crippen molar-refractivity contribution < 1.29 is 32.7 Å². The number of anilines is 2. The van der Waals surface area contributed by atoms with Crippen LogP contribution in [0.15, 0.2) is 48.5 Å². The van der Waals surface area contributed by atoms with Gasteiger partial charge in [-0.05, 0) is 61.6 Å². The molecule has 1 aliphatic rings. The van der Waals surface area contributed by atoms with Gasteiger partial charge < -0.3 is 19.9 Å². The van der Waals surface area contributed by atoms with E-state index in [1.54, 1.807) is 24.3 Å². The number of benzene rings is 2. The molecule has 1 aliphatic heterocycles. The van der Waals surface area contributed by atoms with Crippen LogP contribution in [-0.2, 0) is 25.7 Å². The van der Waals surface area contributed by atoms with Crippen molar-refractivity contribution in [2.45, 2.75) is 51.3 Å². The summed E-state index contributed by atoms with van der Waals surface area (Å²) in [4.78, 5) is 64.6. The van der Waals surface area contributed by atoms with Crippen LogP contribution in [0, 0.1) is 5.92 Å². The maximum atomic E-state index is 13.2. The molecule has 13 heteroatoms. The summed E-state index contributed by atoms with van der Waals surface area (Å²) >= 11 is -1.64. The van der Waals surface area contributed by atoms with E-state index in [2.05, 4.69) is 15.4 Å². The number of hydrogen-bond acceptors (Lipinski definition) is 8. The lowest BCUT2D eigenvalue weighted by atomic mass is 10.0. The highest BCUT2D eigenvalue weighted by Gasteiger charge is 2.35. The molecule has 3 rings (SSSR count). The van der Waals surface area contributed by atoms with E-state index in [0.29, 0.717) is 35.3 Å². The minimum atomic E-state index is -2.48. The summed E-state index contributed by atoms with van der Waals surface area (Å²) in [6, 6.07) is 11.7. The molecule has 0 spiro atoms. The van der Waals surface area contributed by atoms with Gasteiger partial charge in [0.05, 0.1) is 16.4 Å². The van der Waals surface area contributed by atoms with Crippen LogP contribution < -0.4 is 15.4 Å². The normalized spacial score (nSPS) is 14.9. The number of carbonyl (C=O) groups excluding carboxylic acids is 5. The summed E-state index contributed by atoms with van der Waals surface area (Å²) in [7, 11) is 0. The van der Waals surface area contributed by atoms with Crippen molar-refractivity contribution in [3.63, 3.8) is 0 Å². The van der Waals surface area contributed by atoms with E-state index in [1.165, 1.54) is 31.2 Å². The molecule has 0 aliphatic carbocycles. The molecule has 2 aromatic carbocycles. The third kappa shape index (κ3) is 8.47. The Morgan fingerprint density at radius 2 is 1.52 bits per heavy atom. The Kier molecular flexibility index (Phi) is 11.0. The van der Waals surface area contributed by atoms with Gasteiger partial charge in [-0.2, -0.15) is 0 Å². The lowest BCUT2D eigenvalue weighted by molar-refractivity contribution is -0.126. The van der Waals surface area contributed by atoms with Crippen molar-refractivity contribution in [1.29, 1.82) is 0 Å². The molecule has 214 valence electrons. The molecule has 3 N–H and O–H groups in total. The molecule has 2 aromatic rings. The van der Waals surface area contributed by atoms with E-state index >= 15 is 0 Å². The molecule has 0 bridgehead atoms. The molecule has 3 atom stereocenters. The zero-order chi connectivity index (χ0) is 29.4. The molecule has 0 radical (unpaired) electrons. The molecular formula is C27H31N4O7S2-. The summed E-state index contributed by atoms with van der Waals surface area (Å²) in [6.45, 7) is 5.24. The predicted molar refractivity (Wildman–Crippen MR) is 152 cm³/mol. The van der Waals surface area contributed by atoms with Gasteiger partial charge in [0.25, 0.3) is 11.8 Å². The number of imide groups is 1. The van der Waals surface area contributed by atoms with Crippen LogP contribution in [0.2, 0.25) is 0 Å². The first-order chi connectivity index (χ1) is 19.0. The molecular weight excluding hydrogens is 556 g/mol. The lowest BCUT2D eigenvalue weighted by Gasteiger charge is -2.23. The van der Waals surface area contributed by atoms with Crippen LogP contribution in [0.5, 0.6) is 0 Å². The second-order valence-electron chi connectivity index (χ2n) is 9.64. The lowest BCUT2D eigenvalue weighted by Crippen LogP contribution is -2.47. The Balaban J connectivity index is 1.63. The first-order valence-corrected chi connectivity index (χ1v) is 14.6. The second kappa shape index (κ2) is 14.2. The van der Waals surface area contributed by atoms with E-state index in [9.17, 15) is 32.7 Å². The topological polar surface area (TPSA) is 165 Å². The largest absolute Gasteiger partial charge is 0.755 e. The Bertz CT molecular complexity index is 1270. The number of thioether (sulfide) groups is 1. The number of rotatable bonds is 13. The van der Waals surface area contributed by atoms with Gasteiger partial charge in [0.1, 0.15) is 6.04 Å². The standard InChI is InChI=1S/C27H32N4O7S2/c1-16(2)15-22(24(33)28-18-10-12-19(13-11-18)30-40(37)38)29-25(34)23(39-17(3)32)9-6-14-31-26(35)20-7-4-5-8-21(20)27(31)36/h4-5,7-8,10-13,16,22-23,30H,6,9,14-15H2,1-3H3,(H,28,33)(H,29,34)(H,37,38)/p-1/t22-,23?/m0/s1. The highest BCUT2D eigenvalue weighted by Crippen LogP contribution is 2.24. The average Bonchev–Trinajstić information content (AvgIpc) is 3.13. The van der Waals surface area contributed by atoms with Crippen molar-refractivity contribution in [3.8, 4) is 0 Å². The Morgan fingerprint density at radius 3 is 2.05 bits per heavy atom. The fourth-order valence-corrected chi connectivity index (χ4v) is 5.42. The fourth-order valence-electron chi connectivity index (χ4n) is 4.24. The summed E-state index contributed by atoms with van der Waals surface area (Å²) in [5.74, 6) is -1.69. The molecule has 40 heavy (non-hydrogen) atoms. The number of fused-ring (bicyclic) bond motifs is 1. The molecule has 0 aromatic heterocycles. The first-order valence-electron chi connectivity index (χ1n) is 12.7. The predicted octanol–water partition coefficient (Wildman–Crippen LogP) is 3.09. The molecule has 0 fully saturated rings. The average molecular weight is 588 g/mol. The van der Waals surface area contributed by atoms with Crippen molar-refractivity contribution in [3.05, 3.63) is 59.7 Å². The number of carbonyl (C=O) groups is 5. The monoisotopic (exact) mass is 587 g/mol. The highest BCUT2D eigenvalue weighted by atomic mass is 32.2. The minimum Gasteiger partial charge on any atom is -0.755 e. The third-order valence-electron chi connectivity index (χ3n) is 6.02. The third-order valence-corrected chi connectivity index (χ3v) is 7.49. The summed E-state index contributed by atoms with van der Waals surface area (Å²) in [5.41, 5.74) is 1.41. The van der Waals surface area contributed by atoms with Crippen LogP contribution in [0.3, 0.4) is 0 Å². The van der Waals surface area contributed by atoms with Crippen molar-refractivity contribution >= 4 is 63.1 Å². The molecule has 0 saturated carbocycles. The first kappa shape index (κ1) is 31.0. The van der Waals surface area contributed by atoms with Crippen molar-refractivity contribution in [1.82, 2.24) is 10.2 Å². The summed E-state index contributed by atoms with van der Waals surface area (Å²) in [6.07, 6.45) is 0.827. The summed E-state index contributed by atoms with van der Waals surface area (Å²) < 4.78 is 23.8. The second-order valence-corrected chi connectivity index (χ2v) is 11.7. The molecule has 2 unspecified atom stereocenters. The fraction of sp³-hybridized carbons (Fsp3) is 0.370. The number of amides is 4. The van der Waals surface area contributed by atoms with Gasteiger partial charge in [0.2, 0.25) is 11.8 Å².